The first-order valence-corrected chi connectivity index (χ1v) is 7.78. The lowest BCUT2D eigenvalue weighted by molar-refractivity contribution is -0.274. The van der Waals surface area contributed by atoms with Crippen LogP contribution < -0.4 is 10.2 Å². The van der Waals surface area contributed by atoms with E-state index in [0.717, 1.165) is 12.1 Å². The fourth-order valence-corrected chi connectivity index (χ4v) is 2.76. The minimum atomic E-state index is -4.91. The Morgan fingerprint density at radius 1 is 1.20 bits per heavy atom. The number of nitrogens with one attached hydrogen (secondary N) is 1. The fraction of sp³-hybridized carbons (Fsp3) is 0.235. The summed E-state index contributed by atoms with van der Waals surface area (Å²) in [7, 11) is 0. The van der Waals surface area contributed by atoms with Crippen molar-refractivity contribution in [3.63, 3.8) is 0 Å². The van der Waals surface area contributed by atoms with Crippen LogP contribution in [0.5, 0.6) is 5.75 Å². The Morgan fingerprint density at radius 3 is 2.52 bits per heavy atom. The Bertz CT molecular complexity index is 819. The van der Waals surface area contributed by atoms with Gasteiger partial charge in [-0.2, -0.15) is 5.10 Å². The zero-order chi connectivity index (χ0) is 18.2. The molecule has 1 N–H and O–H groups in total. The molecule has 1 aliphatic rings. The van der Waals surface area contributed by atoms with E-state index in [4.69, 9.17) is 11.6 Å². The molecule has 2 aromatic carbocycles. The van der Waals surface area contributed by atoms with Crippen molar-refractivity contribution in [1.29, 1.82) is 0 Å². The van der Waals surface area contributed by atoms with E-state index in [0.29, 0.717) is 16.3 Å². The monoisotopic (exact) mass is 372 g/mol. The molecule has 1 unspecified atom stereocenters. The molecule has 0 aromatic heterocycles. The highest BCUT2D eigenvalue weighted by atomic mass is 35.5. The van der Waals surface area contributed by atoms with E-state index in [1.807, 2.05) is 0 Å². The molecule has 8 heteroatoms. The van der Waals surface area contributed by atoms with Crippen LogP contribution in [-0.2, 0) is 6.42 Å². The van der Waals surface area contributed by atoms with Crippen LogP contribution in [0, 0.1) is 5.82 Å². The summed E-state index contributed by atoms with van der Waals surface area (Å²) < 4.78 is 55.9. The molecule has 0 amide bonds. The van der Waals surface area contributed by atoms with Gasteiger partial charge in [0.2, 0.25) is 0 Å². The smallest absolute Gasteiger partial charge is 0.406 e. The molecule has 2 aromatic rings. The van der Waals surface area contributed by atoms with Crippen LogP contribution in [0.3, 0.4) is 0 Å². The Hall–Kier alpha value is -2.28. The maximum Gasteiger partial charge on any atom is 0.573 e. The topological polar surface area (TPSA) is 33.6 Å². The number of halogens is 5. The lowest BCUT2D eigenvalue weighted by Crippen LogP contribution is -2.22. The summed E-state index contributed by atoms with van der Waals surface area (Å²) in [5.41, 5.74) is 4.32. The predicted octanol–water partition coefficient (Wildman–Crippen LogP) is 4.66. The molecule has 0 fully saturated rings. The van der Waals surface area contributed by atoms with Crippen molar-refractivity contribution in [2.75, 3.05) is 0 Å². The highest BCUT2D eigenvalue weighted by molar-refractivity contribution is 6.30. The number of rotatable bonds is 2. The second kappa shape index (κ2) is 6.55. The van der Waals surface area contributed by atoms with E-state index >= 15 is 0 Å². The van der Waals surface area contributed by atoms with Crippen molar-refractivity contribution in [3.8, 4) is 5.75 Å². The van der Waals surface area contributed by atoms with E-state index in [-0.39, 0.29) is 23.6 Å². The number of benzene rings is 2. The third kappa shape index (κ3) is 4.04. The van der Waals surface area contributed by atoms with Gasteiger partial charge in [-0.3, -0.25) is 0 Å². The van der Waals surface area contributed by atoms with Crippen LogP contribution in [0.15, 0.2) is 41.5 Å². The van der Waals surface area contributed by atoms with Crippen LogP contribution in [-0.4, -0.2) is 18.1 Å². The molecule has 0 saturated heterocycles. The molecule has 0 spiro atoms. The first-order chi connectivity index (χ1) is 11.7. The van der Waals surface area contributed by atoms with Gasteiger partial charge < -0.3 is 10.2 Å². The first-order valence-electron chi connectivity index (χ1n) is 7.40. The van der Waals surface area contributed by atoms with Crippen molar-refractivity contribution in [1.82, 2.24) is 5.43 Å². The summed E-state index contributed by atoms with van der Waals surface area (Å²) in [6.45, 7) is 1.80. The number of hydrazone groups is 1. The van der Waals surface area contributed by atoms with E-state index < -0.39 is 17.9 Å². The van der Waals surface area contributed by atoms with Gasteiger partial charge in [0.25, 0.3) is 0 Å². The van der Waals surface area contributed by atoms with E-state index in [2.05, 4.69) is 15.3 Å². The second-order valence-electron chi connectivity index (χ2n) is 5.68. The largest absolute Gasteiger partial charge is 0.573 e. The standard InChI is InChI=1S/C17H13ClF4N2O/c1-9-6-13-14(7-12(8-15(13)19)25-17(20,21)22)16(24-23-9)10-2-4-11(18)5-3-10/h2-5,7-9,23H,6H2,1H3. The molecule has 25 heavy (non-hydrogen) atoms. The molecular weight excluding hydrogens is 360 g/mol. The van der Waals surface area contributed by atoms with Gasteiger partial charge in [0, 0.05) is 28.3 Å². The van der Waals surface area contributed by atoms with Crippen LogP contribution in [0.2, 0.25) is 5.02 Å². The minimum absolute atomic E-state index is 0.188. The van der Waals surface area contributed by atoms with Gasteiger partial charge in [-0.1, -0.05) is 23.7 Å². The molecule has 132 valence electrons. The van der Waals surface area contributed by atoms with Crippen molar-refractivity contribution in [3.05, 3.63) is 63.9 Å². The van der Waals surface area contributed by atoms with E-state index in [1.54, 1.807) is 31.2 Å². The Balaban J connectivity index is 2.14. The lowest BCUT2D eigenvalue weighted by atomic mass is 9.94. The predicted molar refractivity (Wildman–Crippen MR) is 86.5 cm³/mol. The Labute approximate surface area is 146 Å². The van der Waals surface area contributed by atoms with E-state index in [1.165, 1.54) is 0 Å². The van der Waals surface area contributed by atoms with Gasteiger partial charge in [0.05, 0.1) is 5.71 Å². The highest BCUT2D eigenvalue weighted by Crippen LogP contribution is 2.30. The number of hydrogen-bond acceptors (Lipinski definition) is 3. The van der Waals surface area contributed by atoms with Gasteiger partial charge in [0.1, 0.15) is 11.6 Å². The summed E-state index contributed by atoms with van der Waals surface area (Å²) in [5, 5.41) is 4.74. The minimum Gasteiger partial charge on any atom is -0.406 e. The summed E-state index contributed by atoms with van der Waals surface area (Å²) >= 11 is 5.87. The number of nitrogens with zero attached hydrogens (tertiary/aromatic N) is 1. The van der Waals surface area contributed by atoms with Gasteiger partial charge in [-0.05, 0) is 37.1 Å². The van der Waals surface area contributed by atoms with Gasteiger partial charge in [0.15, 0.2) is 0 Å². The highest BCUT2D eigenvalue weighted by Gasteiger charge is 2.32. The second-order valence-corrected chi connectivity index (χ2v) is 6.12. The molecular formula is C17H13ClF4N2O. The third-order valence-electron chi connectivity index (χ3n) is 3.68. The first kappa shape index (κ1) is 17.5. The zero-order valence-electron chi connectivity index (χ0n) is 13.0. The molecule has 0 saturated carbocycles. The summed E-state index contributed by atoms with van der Waals surface area (Å²) in [6, 6.07) is 8.28. The average Bonchev–Trinajstić information content (AvgIpc) is 2.66. The van der Waals surface area contributed by atoms with Crippen molar-refractivity contribution >= 4 is 17.3 Å². The number of alkyl halides is 3. The quantitative estimate of drug-likeness (QED) is 0.778. The molecule has 1 atom stereocenters. The summed E-state index contributed by atoms with van der Waals surface area (Å²) in [5.74, 6) is -1.39. The number of ether oxygens (including phenoxy) is 1. The van der Waals surface area contributed by atoms with Crippen molar-refractivity contribution in [2.45, 2.75) is 25.7 Å². The third-order valence-corrected chi connectivity index (χ3v) is 3.93. The molecule has 0 aliphatic carbocycles. The molecule has 1 aliphatic heterocycles. The zero-order valence-corrected chi connectivity index (χ0v) is 13.7. The summed E-state index contributed by atoms with van der Waals surface area (Å²) in [4.78, 5) is 0. The molecule has 0 radical (unpaired) electrons. The van der Waals surface area contributed by atoms with Gasteiger partial charge in [-0.25, -0.2) is 4.39 Å². The van der Waals surface area contributed by atoms with Crippen molar-refractivity contribution < 1.29 is 22.3 Å². The molecule has 3 nitrogen and oxygen atoms in total. The molecule has 3 rings (SSSR count). The maximum atomic E-state index is 14.5. The number of hydrogen-bond donors (Lipinski definition) is 1. The SMILES string of the molecule is CC1Cc2c(F)cc(OC(F)(F)F)cc2C(c2ccc(Cl)cc2)=NN1. The van der Waals surface area contributed by atoms with Crippen LogP contribution in [0.25, 0.3) is 0 Å². The molecule has 0 bridgehead atoms. The van der Waals surface area contributed by atoms with Crippen molar-refractivity contribution in [2.24, 2.45) is 5.10 Å². The average molecular weight is 373 g/mol. The lowest BCUT2D eigenvalue weighted by Gasteiger charge is -2.15. The Morgan fingerprint density at radius 2 is 1.88 bits per heavy atom. The summed E-state index contributed by atoms with van der Waals surface area (Å²) in [6.07, 6.45) is -4.64. The maximum absolute atomic E-state index is 14.5. The van der Waals surface area contributed by atoms with Crippen LogP contribution in [0.4, 0.5) is 17.6 Å². The fourth-order valence-electron chi connectivity index (χ4n) is 2.64. The molecule has 1 heterocycles. The van der Waals surface area contributed by atoms with E-state index in [9.17, 15) is 17.6 Å². The van der Waals surface area contributed by atoms with Crippen LogP contribution >= 0.6 is 11.6 Å². The normalized spacial score (nSPS) is 17.2. The number of fused-ring (bicyclic) bond motifs is 1. The Kier molecular flexibility index (Phi) is 4.60. The van der Waals surface area contributed by atoms with Crippen LogP contribution in [0.1, 0.15) is 23.6 Å². The van der Waals surface area contributed by atoms with Gasteiger partial charge >= 0.3 is 6.36 Å². The van der Waals surface area contributed by atoms with Gasteiger partial charge in [-0.15, -0.1) is 13.2 Å².